The molecule has 2 heterocycles. The number of aromatic hydroxyl groups is 1. The second kappa shape index (κ2) is 10.9. The molecule has 0 aliphatic carbocycles. The Hall–Kier alpha value is -4.99. The highest BCUT2D eigenvalue weighted by atomic mass is 16.6. The summed E-state index contributed by atoms with van der Waals surface area (Å²) in [5.41, 5.74) is 0.520. The molecule has 4 aromatic rings. The number of fused-ring (bicyclic) bond motifs is 3. The number of aryl methyl sites for hydroxylation is 1. The van der Waals surface area contributed by atoms with Crippen molar-refractivity contribution >= 4 is 23.0 Å². The number of hydrogen-bond donors (Lipinski definition) is 3. The third-order valence-electron chi connectivity index (χ3n) is 6.95. The Kier molecular flexibility index (Phi) is 7.32. The summed E-state index contributed by atoms with van der Waals surface area (Å²) in [6.07, 6.45) is -0.0195. The van der Waals surface area contributed by atoms with E-state index in [1.165, 1.54) is 13.2 Å². The van der Waals surface area contributed by atoms with Crippen molar-refractivity contribution in [3.05, 3.63) is 82.0 Å². The maximum atomic E-state index is 13.8. The maximum Gasteiger partial charge on any atom is 0.413 e. The first kappa shape index (κ1) is 27.6. The first-order chi connectivity index (χ1) is 19.6. The Morgan fingerprint density at radius 3 is 2.46 bits per heavy atom. The average molecular weight is 560 g/mol. The molecule has 10 nitrogen and oxygen atoms in total. The summed E-state index contributed by atoms with van der Waals surface area (Å²) in [5, 5.41) is 22.7. The number of phenolic OH excluding ortho intramolecular Hbond substituents is 1. The molecular weight excluding hydrogens is 530 g/mol. The topological polar surface area (TPSA) is 145 Å². The number of nitrogens with one attached hydrogen (secondary N) is 1. The average Bonchev–Trinajstić information content (AvgIpc) is 2.93. The van der Waals surface area contributed by atoms with Gasteiger partial charge in [0, 0.05) is 23.6 Å². The first-order valence-electron chi connectivity index (χ1n) is 13.0. The number of rotatable bonds is 7. The van der Waals surface area contributed by atoms with Crippen LogP contribution < -0.4 is 25.0 Å². The standard InChI is InChI=1S/C31H29NO9/c1-31(2)14-13-20-23(41-31)16-22(33)24-25(34)28(26(39-27(20)24)18-9-11-19(38-3)12-10-18)40-30(37)32-21(29(35)36)15-17-7-5-4-6-8-17/h4-12,16,21,33H,13-15H2,1-3H3,(H,32,37)(H,35,36)/t21-/m0/s1. The molecule has 0 saturated heterocycles. The molecule has 3 aromatic carbocycles. The molecule has 0 unspecified atom stereocenters. The summed E-state index contributed by atoms with van der Waals surface area (Å²) in [6, 6.07) is 15.3. The first-order valence-corrected chi connectivity index (χ1v) is 13.0. The number of benzene rings is 3. The van der Waals surface area contributed by atoms with Crippen LogP contribution in [0.3, 0.4) is 0 Å². The van der Waals surface area contributed by atoms with Crippen LogP contribution in [-0.2, 0) is 17.6 Å². The highest BCUT2D eigenvalue weighted by Crippen LogP contribution is 2.43. The van der Waals surface area contributed by atoms with Crippen LogP contribution >= 0.6 is 0 Å². The Morgan fingerprint density at radius 1 is 1.10 bits per heavy atom. The number of aliphatic carboxylic acids is 1. The number of ether oxygens (including phenoxy) is 3. The van der Waals surface area contributed by atoms with Crippen LogP contribution in [0.1, 0.15) is 31.4 Å². The molecule has 0 fully saturated rings. The third-order valence-corrected chi connectivity index (χ3v) is 6.95. The number of hydrogen-bond acceptors (Lipinski definition) is 8. The fraction of sp³-hybridized carbons (Fsp3) is 0.258. The molecule has 0 radical (unpaired) electrons. The third kappa shape index (κ3) is 5.67. The van der Waals surface area contributed by atoms with E-state index in [9.17, 15) is 24.6 Å². The van der Waals surface area contributed by atoms with E-state index in [0.29, 0.717) is 41.0 Å². The van der Waals surface area contributed by atoms with Crippen molar-refractivity contribution in [3.8, 4) is 34.3 Å². The van der Waals surface area contributed by atoms with Crippen LogP contribution in [0.4, 0.5) is 4.79 Å². The predicted molar refractivity (Wildman–Crippen MR) is 150 cm³/mol. The minimum Gasteiger partial charge on any atom is -0.507 e. The van der Waals surface area contributed by atoms with Crippen molar-refractivity contribution in [2.24, 2.45) is 0 Å². The van der Waals surface area contributed by atoms with E-state index in [1.54, 1.807) is 54.6 Å². The van der Waals surface area contributed by atoms with Crippen LogP contribution in [0.2, 0.25) is 0 Å². The smallest absolute Gasteiger partial charge is 0.413 e. The monoisotopic (exact) mass is 559 g/mol. The molecule has 0 spiro atoms. The van der Waals surface area contributed by atoms with Crippen molar-refractivity contribution in [3.63, 3.8) is 0 Å². The Balaban J connectivity index is 1.59. The van der Waals surface area contributed by atoms with E-state index in [4.69, 9.17) is 18.6 Å². The fourth-order valence-electron chi connectivity index (χ4n) is 4.80. The van der Waals surface area contributed by atoms with Gasteiger partial charge in [-0.15, -0.1) is 0 Å². The number of methoxy groups -OCH3 is 1. The van der Waals surface area contributed by atoms with Gasteiger partial charge >= 0.3 is 12.1 Å². The summed E-state index contributed by atoms with van der Waals surface area (Å²) in [4.78, 5) is 38.7. The largest absolute Gasteiger partial charge is 0.507 e. The van der Waals surface area contributed by atoms with Crippen molar-refractivity contribution in [1.82, 2.24) is 5.32 Å². The zero-order valence-corrected chi connectivity index (χ0v) is 22.7. The van der Waals surface area contributed by atoms with Crippen LogP contribution in [0.5, 0.6) is 23.0 Å². The van der Waals surface area contributed by atoms with Crippen molar-refractivity contribution in [1.29, 1.82) is 0 Å². The van der Waals surface area contributed by atoms with Gasteiger partial charge in [0.25, 0.3) is 0 Å². The zero-order chi connectivity index (χ0) is 29.3. The molecule has 41 heavy (non-hydrogen) atoms. The van der Waals surface area contributed by atoms with E-state index in [-0.39, 0.29) is 23.2 Å². The summed E-state index contributed by atoms with van der Waals surface area (Å²) < 4.78 is 22.9. The Labute approximate surface area is 235 Å². The summed E-state index contributed by atoms with van der Waals surface area (Å²) >= 11 is 0. The lowest BCUT2D eigenvalue weighted by atomic mass is 9.92. The molecular formula is C31H29NO9. The van der Waals surface area contributed by atoms with Gasteiger partial charge in [-0.25, -0.2) is 9.59 Å². The number of phenols is 1. The van der Waals surface area contributed by atoms with Crippen LogP contribution in [0.25, 0.3) is 22.3 Å². The second-order valence-corrected chi connectivity index (χ2v) is 10.4. The van der Waals surface area contributed by atoms with Gasteiger partial charge in [-0.2, -0.15) is 0 Å². The molecule has 1 aromatic heterocycles. The van der Waals surface area contributed by atoms with E-state index in [2.05, 4.69) is 5.32 Å². The van der Waals surface area contributed by atoms with Gasteiger partial charge in [0.05, 0.1) is 7.11 Å². The quantitative estimate of drug-likeness (QED) is 0.283. The molecule has 3 N–H and O–H groups in total. The van der Waals surface area contributed by atoms with Gasteiger partial charge in [-0.1, -0.05) is 30.3 Å². The van der Waals surface area contributed by atoms with Crippen LogP contribution in [0.15, 0.2) is 69.9 Å². The molecule has 5 rings (SSSR count). The minimum atomic E-state index is -1.33. The van der Waals surface area contributed by atoms with Gasteiger partial charge in [-0.3, -0.25) is 4.79 Å². The second-order valence-electron chi connectivity index (χ2n) is 10.4. The van der Waals surface area contributed by atoms with Crippen LogP contribution in [0, 0.1) is 0 Å². The molecule has 0 bridgehead atoms. The molecule has 1 aliphatic heterocycles. The molecule has 1 amide bonds. The van der Waals surface area contributed by atoms with Crippen molar-refractivity contribution < 1.29 is 38.4 Å². The van der Waals surface area contributed by atoms with E-state index < -0.39 is 40.6 Å². The number of amides is 1. The summed E-state index contributed by atoms with van der Waals surface area (Å²) in [7, 11) is 1.51. The lowest BCUT2D eigenvalue weighted by molar-refractivity contribution is -0.139. The van der Waals surface area contributed by atoms with Crippen LogP contribution in [-0.4, -0.2) is 41.0 Å². The highest BCUT2D eigenvalue weighted by molar-refractivity contribution is 5.92. The number of carbonyl (C=O) groups excluding carboxylic acids is 1. The highest BCUT2D eigenvalue weighted by Gasteiger charge is 2.32. The fourth-order valence-corrected chi connectivity index (χ4v) is 4.80. The molecule has 10 heteroatoms. The van der Waals surface area contributed by atoms with Crippen molar-refractivity contribution in [2.45, 2.75) is 44.8 Å². The number of carboxylic acids is 1. The van der Waals surface area contributed by atoms with E-state index in [1.807, 2.05) is 13.8 Å². The maximum absolute atomic E-state index is 13.8. The van der Waals surface area contributed by atoms with Crippen molar-refractivity contribution in [2.75, 3.05) is 7.11 Å². The van der Waals surface area contributed by atoms with Gasteiger partial charge in [0.2, 0.25) is 11.2 Å². The SMILES string of the molecule is COc1ccc(-c2oc3c4c(cc(O)c3c(=O)c2OC(=O)N[C@@H](Cc2ccccc2)C(=O)O)OC(C)(C)CC4)cc1. The Bertz CT molecular complexity index is 1670. The van der Waals surface area contributed by atoms with Gasteiger partial charge in [0.1, 0.15) is 39.9 Å². The number of carboxylic acid groups (broad SMARTS) is 1. The lowest BCUT2D eigenvalue weighted by Gasteiger charge is -2.32. The van der Waals surface area contributed by atoms with E-state index >= 15 is 0 Å². The zero-order valence-electron chi connectivity index (χ0n) is 22.7. The number of carbonyl (C=O) groups is 2. The van der Waals surface area contributed by atoms with Gasteiger partial charge in [0.15, 0.2) is 5.76 Å². The normalized spacial score (nSPS) is 14.4. The molecule has 1 aliphatic rings. The summed E-state index contributed by atoms with van der Waals surface area (Å²) in [5.74, 6) is -1.31. The Morgan fingerprint density at radius 2 is 1.80 bits per heavy atom. The van der Waals surface area contributed by atoms with Gasteiger partial charge < -0.3 is 34.2 Å². The molecule has 0 saturated carbocycles. The lowest BCUT2D eigenvalue weighted by Crippen LogP contribution is -2.44. The minimum absolute atomic E-state index is 0.00773. The molecule has 212 valence electrons. The summed E-state index contributed by atoms with van der Waals surface area (Å²) in [6.45, 7) is 3.85. The van der Waals surface area contributed by atoms with E-state index in [0.717, 1.165) is 0 Å². The predicted octanol–water partition coefficient (Wildman–Crippen LogP) is 5.06. The van der Waals surface area contributed by atoms with Gasteiger partial charge in [-0.05, 0) is 56.5 Å². The molecule has 1 atom stereocenters.